The van der Waals surface area contributed by atoms with E-state index in [0.717, 1.165) is 49.3 Å². The molecule has 21 heteroatoms. The molecule has 0 saturated heterocycles. The number of allylic oxidation sites excluding steroid dienone is 8. The summed E-state index contributed by atoms with van der Waals surface area (Å²) in [5.41, 5.74) is 1.54. The molecule has 17 nitrogen and oxygen atoms in total. The van der Waals surface area contributed by atoms with Crippen molar-refractivity contribution in [2.75, 3.05) is 52.5 Å². The first kappa shape index (κ1) is 50.8. The van der Waals surface area contributed by atoms with Gasteiger partial charge < -0.3 is 24.1 Å². The van der Waals surface area contributed by atoms with Crippen molar-refractivity contribution in [3.63, 3.8) is 0 Å². The van der Waals surface area contributed by atoms with Gasteiger partial charge in [-0.3, -0.25) is 0 Å². The molecule has 4 aromatic rings. The van der Waals surface area contributed by atoms with Gasteiger partial charge in [0.15, 0.2) is 39.3 Å². The highest BCUT2D eigenvalue weighted by molar-refractivity contribution is 7.95. The minimum Gasteiger partial charge on any atom is -0.388 e. The zero-order valence-corrected chi connectivity index (χ0v) is 40.3. The van der Waals surface area contributed by atoms with E-state index < -0.39 is 89.9 Å². The highest BCUT2D eigenvalue weighted by Gasteiger charge is 2.43. The van der Waals surface area contributed by atoms with Crippen LogP contribution in [-0.4, -0.2) is 97.3 Å². The van der Waals surface area contributed by atoms with E-state index in [1.165, 1.54) is 38.5 Å². The predicted molar refractivity (Wildman–Crippen MR) is 253 cm³/mol. The molecule has 2 aliphatic carbocycles. The third-order valence-electron chi connectivity index (χ3n) is 10.9. The summed E-state index contributed by atoms with van der Waals surface area (Å²) < 4.78 is 127. The fraction of sp³-hybridized carbons (Fsp3) is 0.234. The minimum absolute atomic E-state index is 0.123. The normalized spacial score (nSPS) is 19.6. The third kappa shape index (κ3) is 9.85. The fourth-order valence-corrected chi connectivity index (χ4v) is 9.85. The van der Waals surface area contributed by atoms with E-state index in [1.54, 1.807) is 72.8 Å². The molecular formula is C47H40N4O13S4. The number of nitrogens with zero attached hydrogens (tertiary/aromatic N) is 4. The number of aliphatic hydroxyl groups excluding tert-OH is 1. The van der Waals surface area contributed by atoms with E-state index in [1.807, 2.05) is 0 Å². The topological polar surface area (TPSA) is 289 Å². The summed E-state index contributed by atoms with van der Waals surface area (Å²) in [6.45, 7) is -1.36. The molecule has 0 aromatic heterocycles. The average molecular weight is 997 g/mol. The van der Waals surface area contributed by atoms with Crippen molar-refractivity contribution in [3.8, 4) is 24.3 Å². The van der Waals surface area contributed by atoms with Crippen LogP contribution in [0.1, 0.15) is 33.4 Å². The molecule has 0 heterocycles. The van der Waals surface area contributed by atoms with Crippen LogP contribution < -0.4 is 0 Å². The van der Waals surface area contributed by atoms with Crippen LogP contribution in [0.3, 0.4) is 0 Å². The van der Waals surface area contributed by atoms with Gasteiger partial charge in [-0.2, -0.15) is 21.0 Å². The van der Waals surface area contributed by atoms with Gasteiger partial charge in [-0.05, 0) is 91.4 Å². The van der Waals surface area contributed by atoms with Gasteiger partial charge >= 0.3 is 0 Å². The van der Waals surface area contributed by atoms with Gasteiger partial charge in [0.05, 0.1) is 13.2 Å². The van der Waals surface area contributed by atoms with E-state index >= 15 is 0 Å². The second-order valence-corrected chi connectivity index (χ2v) is 23.6. The lowest BCUT2D eigenvalue weighted by molar-refractivity contribution is -0.233. The summed E-state index contributed by atoms with van der Waals surface area (Å²) in [6.07, 6.45) is 8.87. The predicted octanol–water partition coefficient (Wildman–Crippen LogP) is 5.20. The van der Waals surface area contributed by atoms with Crippen molar-refractivity contribution in [1.29, 1.82) is 21.0 Å². The Morgan fingerprint density at radius 2 is 0.868 bits per heavy atom. The maximum Gasteiger partial charge on any atom is 0.217 e. The molecule has 1 N–H and O–H groups in total. The molecule has 0 saturated carbocycles. The van der Waals surface area contributed by atoms with Crippen LogP contribution in [-0.2, 0) is 69.9 Å². The summed E-state index contributed by atoms with van der Waals surface area (Å²) in [7, 11) is -13.9. The molecule has 0 radical (unpaired) electrons. The number of hydrogen-bond donors (Lipinski definition) is 1. The van der Waals surface area contributed by atoms with Crippen molar-refractivity contribution >= 4 is 84.2 Å². The standard InChI is InChI=1S/C47H40N4O13S4/c1-61-46(21-33(19-38(25-50)67(5,57)58)40-11-7-9-29-13-15-31(44(46)42(29)40)17-36(23-48)65(3,53)54)63-27-35(52)28-64-47(62-2)22-34(20-39(26-51)68(6,59)60)41-12-8-10-30-14-16-32(45(47)43(30)41)18-37(24-49)66(4,55)56/h7-22,35,52H,27-28H2,1-6H3. The SMILES string of the molecule is COC1(OCC(O)COC2(OC)C=C(C=C(C#N)S(C)(=O)=O)c3cccc4ccc(C=C(C#N)S(C)(=O)=O)c2c34)C=C(C=C(C#N)S(C)(=O)=O)c2cccc3ccc(C=C(C#N)S(C)(=O)=O)c1c23. The van der Waals surface area contributed by atoms with Crippen LogP contribution in [0, 0.1) is 45.3 Å². The lowest BCUT2D eigenvalue weighted by atomic mass is 9.81. The van der Waals surface area contributed by atoms with Gasteiger partial charge in [0.25, 0.3) is 0 Å². The second-order valence-electron chi connectivity index (χ2n) is 15.7. The number of hydrogen-bond acceptors (Lipinski definition) is 17. The van der Waals surface area contributed by atoms with Crippen molar-refractivity contribution in [2.45, 2.75) is 17.7 Å². The first-order valence-corrected chi connectivity index (χ1v) is 27.3. The summed E-state index contributed by atoms with van der Waals surface area (Å²) in [5, 5.41) is 53.1. The Hall–Kier alpha value is -6.60. The van der Waals surface area contributed by atoms with Crippen molar-refractivity contribution in [2.24, 2.45) is 0 Å². The Morgan fingerprint density at radius 1 is 0.544 bits per heavy atom. The zero-order valence-electron chi connectivity index (χ0n) is 37.0. The van der Waals surface area contributed by atoms with E-state index in [4.69, 9.17) is 18.9 Å². The molecule has 0 fully saturated rings. The largest absolute Gasteiger partial charge is 0.388 e. The number of methoxy groups -OCH3 is 2. The molecule has 68 heavy (non-hydrogen) atoms. The lowest BCUT2D eigenvalue weighted by Crippen LogP contribution is -2.39. The van der Waals surface area contributed by atoms with Gasteiger partial charge in [0.2, 0.25) is 11.6 Å². The number of benzene rings is 4. The number of rotatable bonds is 16. The van der Waals surface area contributed by atoms with E-state index in [0.29, 0.717) is 32.7 Å². The van der Waals surface area contributed by atoms with Crippen molar-refractivity contribution in [1.82, 2.24) is 0 Å². The zero-order chi connectivity index (χ0) is 50.2. The van der Waals surface area contributed by atoms with Crippen molar-refractivity contribution < 1.29 is 57.7 Å². The third-order valence-corrected chi connectivity index (χ3v) is 15.0. The quantitative estimate of drug-likeness (QED) is 0.111. The van der Waals surface area contributed by atoms with E-state index in [9.17, 15) is 59.8 Å². The fourth-order valence-electron chi connectivity index (χ4n) is 7.82. The van der Waals surface area contributed by atoms with Crippen LogP contribution >= 0.6 is 0 Å². The lowest BCUT2D eigenvalue weighted by Gasteiger charge is -2.38. The van der Waals surface area contributed by atoms with E-state index in [2.05, 4.69) is 0 Å². The van der Waals surface area contributed by atoms with Gasteiger partial charge in [-0.15, -0.1) is 0 Å². The Bertz CT molecular complexity index is 3430. The smallest absolute Gasteiger partial charge is 0.217 e. The van der Waals surface area contributed by atoms with Gasteiger partial charge in [0, 0.05) is 50.4 Å². The molecule has 2 unspecified atom stereocenters. The molecule has 0 amide bonds. The molecule has 2 aliphatic rings. The molecule has 4 aromatic carbocycles. The Kier molecular flexibility index (Phi) is 14.1. The average Bonchev–Trinajstić information content (AvgIpc) is 3.27. The Balaban J connectivity index is 1.53. The number of sulfone groups is 4. The van der Waals surface area contributed by atoms with Crippen LogP contribution in [0.15, 0.2) is 105 Å². The van der Waals surface area contributed by atoms with E-state index in [-0.39, 0.29) is 33.4 Å². The van der Waals surface area contributed by atoms with Crippen LogP contribution in [0.25, 0.3) is 44.8 Å². The maximum atomic E-state index is 12.7. The number of aliphatic hydroxyl groups is 1. The molecule has 0 spiro atoms. The summed E-state index contributed by atoms with van der Waals surface area (Å²) in [5.74, 6) is -4.24. The Morgan fingerprint density at radius 3 is 1.16 bits per heavy atom. The van der Waals surface area contributed by atoms with Crippen LogP contribution in [0.4, 0.5) is 0 Å². The number of ether oxygens (including phenoxy) is 4. The second kappa shape index (κ2) is 18.8. The molecule has 6 rings (SSSR count). The summed E-state index contributed by atoms with van der Waals surface area (Å²) in [6, 6.07) is 23.0. The molecular weight excluding hydrogens is 957 g/mol. The molecule has 2 atom stereocenters. The highest BCUT2D eigenvalue weighted by atomic mass is 32.2. The monoisotopic (exact) mass is 996 g/mol. The van der Waals surface area contributed by atoms with Crippen LogP contribution in [0.2, 0.25) is 0 Å². The van der Waals surface area contributed by atoms with Gasteiger partial charge in [-0.1, -0.05) is 60.7 Å². The molecule has 0 bridgehead atoms. The highest BCUT2D eigenvalue weighted by Crippen LogP contribution is 2.49. The molecule has 0 aliphatic heterocycles. The first-order chi connectivity index (χ1) is 31.8. The summed E-state index contributed by atoms with van der Waals surface area (Å²) in [4.78, 5) is -2.48. The number of nitriles is 4. The maximum absolute atomic E-state index is 12.7. The van der Waals surface area contributed by atoms with Gasteiger partial charge in [0.1, 0.15) is 50.0 Å². The first-order valence-electron chi connectivity index (χ1n) is 19.7. The van der Waals surface area contributed by atoms with Gasteiger partial charge in [-0.25, -0.2) is 33.7 Å². The van der Waals surface area contributed by atoms with Crippen molar-refractivity contribution in [3.05, 3.63) is 138 Å². The Labute approximate surface area is 393 Å². The minimum atomic E-state index is -4.08. The van der Waals surface area contributed by atoms with Crippen LogP contribution in [0.5, 0.6) is 0 Å². The summed E-state index contributed by atoms with van der Waals surface area (Å²) >= 11 is 0. The molecule has 350 valence electrons.